The van der Waals surface area contributed by atoms with Gasteiger partial charge < -0.3 is 15.0 Å². The van der Waals surface area contributed by atoms with Crippen LogP contribution in [0.2, 0.25) is 5.02 Å². The van der Waals surface area contributed by atoms with Gasteiger partial charge in [-0.2, -0.15) is 0 Å². The molecule has 0 heterocycles. The Labute approximate surface area is 187 Å². The van der Waals surface area contributed by atoms with Crippen molar-refractivity contribution in [2.75, 3.05) is 18.5 Å². The molecule has 3 rings (SSSR count). The van der Waals surface area contributed by atoms with Gasteiger partial charge in [-0.25, -0.2) is 0 Å². The van der Waals surface area contributed by atoms with E-state index in [9.17, 15) is 9.59 Å². The fraction of sp³-hybridized carbons (Fsp3) is 0.200. The SMILES string of the molecule is CCN(Cc1ccccc1NC(=O)COc1ccc(-c2ccccc2)cc1Cl)C(C)=O. The van der Waals surface area contributed by atoms with Crippen molar-refractivity contribution in [3.8, 4) is 16.9 Å². The number of halogens is 1. The minimum absolute atomic E-state index is 0.0134. The van der Waals surface area contributed by atoms with Crippen LogP contribution in [0.5, 0.6) is 5.75 Å². The van der Waals surface area contributed by atoms with Gasteiger partial charge in [-0.15, -0.1) is 0 Å². The Morgan fingerprint density at radius 3 is 2.35 bits per heavy atom. The first-order valence-electron chi connectivity index (χ1n) is 10.1. The molecule has 0 fully saturated rings. The molecular formula is C25H25ClN2O3. The first-order chi connectivity index (χ1) is 15.0. The average Bonchev–Trinajstić information content (AvgIpc) is 2.78. The maximum Gasteiger partial charge on any atom is 0.262 e. The molecule has 31 heavy (non-hydrogen) atoms. The topological polar surface area (TPSA) is 58.6 Å². The number of carbonyl (C=O) groups excluding carboxylic acids is 2. The minimum Gasteiger partial charge on any atom is -0.482 e. The maximum atomic E-state index is 12.5. The monoisotopic (exact) mass is 436 g/mol. The number of benzene rings is 3. The molecule has 0 atom stereocenters. The predicted molar refractivity (Wildman–Crippen MR) is 124 cm³/mol. The molecule has 0 spiro atoms. The van der Waals surface area contributed by atoms with E-state index < -0.39 is 0 Å². The number of para-hydroxylation sites is 1. The molecule has 2 amide bonds. The number of anilines is 1. The number of nitrogens with one attached hydrogen (secondary N) is 1. The molecule has 3 aromatic rings. The highest BCUT2D eigenvalue weighted by Crippen LogP contribution is 2.30. The number of carbonyl (C=O) groups is 2. The second kappa shape index (κ2) is 10.6. The van der Waals surface area contributed by atoms with Gasteiger partial charge in [0.15, 0.2) is 6.61 Å². The van der Waals surface area contributed by atoms with Crippen LogP contribution in [0.15, 0.2) is 72.8 Å². The van der Waals surface area contributed by atoms with Gasteiger partial charge in [0, 0.05) is 25.7 Å². The summed E-state index contributed by atoms with van der Waals surface area (Å²) in [5.74, 6) is 0.126. The largest absolute Gasteiger partial charge is 0.482 e. The fourth-order valence-corrected chi connectivity index (χ4v) is 3.42. The van der Waals surface area contributed by atoms with E-state index in [1.807, 2.05) is 73.7 Å². The molecule has 0 saturated carbocycles. The van der Waals surface area contributed by atoms with Crippen molar-refractivity contribution in [1.82, 2.24) is 4.90 Å². The number of rotatable bonds is 8. The van der Waals surface area contributed by atoms with Crippen molar-refractivity contribution >= 4 is 29.1 Å². The van der Waals surface area contributed by atoms with Crippen LogP contribution in [0.1, 0.15) is 19.4 Å². The molecule has 1 N–H and O–H groups in total. The second-order valence-electron chi connectivity index (χ2n) is 7.04. The van der Waals surface area contributed by atoms with Gasteiger partial charge in [-0.3, -0.25) is 9.59 Å². The molecule has 6 heteroatoms. The predicted octanol–water partition coefficient (Wildman–Crippen LogP) is 5.39. The van der Waals surface area contributed by atoms with E-state index in [0.29, 0.717) is 29.5 Å². The Hall–Kier alpha value is -3.31. The molecular weight excluding hydrogens is 412 g/mol. The fourth-order valence-electron chi connectivity index (χ4n) is 3.19. The zero-order valence-electron chi connectivity index (χ0n) is 17.6. The highest BCUT2D eigenvalue weighted by atomic mass is 35.5. The summed E-state index contributed by atoms with van der Waals surface area (Å²) in [5, 5.41) is 3.30. The Morgan fingerprint density at radius 2 is 1.68 bits per heavy atom. The lowest BCUT2D eigenvalue weighted by Crippen LogP contribution is -2.28. The summed E-state index contributed by atoms with van der Waals surface area (Å²) >= 11 is 6.36. The van der Waals surface area contributed by atoms with Crippen molar-refractivity contribution in [3.05, 3.63) is 83.4 Å². The molecule has 0 aliphatic heterocycles. The van der Waals surface area contributed by atoms with E-state index in [1.165, 1.54) is 6.92 Å². The molecule has 0 saturated heterocycles. The zero-order chi connectivity index (χ0) is 22.2. The van der Waals surface area contributed by atoms with E-state index in [4.69, 9.17) is 16.3 Å². The lowest BCUT2D eigenvalue weighted by atomic mass is 10.1. The van der Waals surface area contributed by atoms with E-state index in [1.54, 1.807) is 11.0 Å². The van der Waals surface area contributed by atoms with Crippen LogP contribution < -0.4 is 10.1 Å². The smallest absolute Gasteiger partial charge is 0.262 e. The summed E-state index contributed by atoms with van der Waals surface area (Å²) in [5.41, 5.74) is 3.54. The third-order valence-electron chi connectivity index (χ3n) is 4.88. The Kier molecular flexibility index (Phi) is 7.68. The van der Waals surface area contributed by atoms with Gasteiger partial charge in [-0.1, -0.05) is 66.2 Å². The van der Waals surface area contributed by atoms with Gasteiger partial charge in [0.25, 0.3) is 5.91 Å². The lowest BCUT2D eigenvalue weighted by molar-refractivity contribution is -0.129. The molecule has 3 aromatic carbocycles. The summed E-state index contributed by atoms with van der Waals surface area (Å²) < 4.78 is 5.63. The molecule has 0 bridgehead atoms. The van der Waals surface area contributed by atoms with Gasteiger partial charge in [0.2, 0.25) is 5.91 Å². The van der Waals surface area contributed by atoms with Gasteiger partial charge in [0.1, 0.15) is 5.75 Å². The van der Waals surface area contributed by atoms with E-state index in [-0.39, 0.29) is 18.4 Å². The quantitative estimate of drug-likeness (QED) is 0.514. The zero-order valence-corrected chi connectivity index (χ0v) is 18.4. The maximum absolute atomic E-state index is 12.5. The number of amides is 2. The molecule has 0 aromatic heterocycles. The molecule has 0 aliphatic carbocycles. The summed E-state index contributed by atoms with van der Waals surface area (Å²) in [7, 11) is 0. The Bertz CT molecular complexity index is 1050. The van der Waals surface area contributed by atoms with Crippen LogP contribution in [-0.2, 0) is 16.1 Å². The van der Waals surface area contributed by atoms with Gasteiger partial charge in [-0.05, 0) is 41.8 Å². The normalized spacial score (nSPS) is 10.4. The van der Waals surface area contributed by atoms with Crippen LogP contribution >= 0.6 is 11.6 Å². The van der Waals surface area contributed by atoms with Crippen LogP contribution in [0, 0.1) is 0 Å². The number of ether oxygens (including phenoxy) is 1. The van der Waals surface area contributed by atoms with E-state index in [0.717, 1.165) is 16.7 Å². The van der Waals surface area contributed by atoms with E-state index in [2.05, 4.69) is 5.32 Å². The Morgan fingerprint density at radius 1 is 0.968 bits per heavy atom. The molecule has 5 nitrogen and oxygen atoms in total. The summed E-state index contributed by atoms with van der Waals surface area (Å²) in [6.07, 6.45) is 0. The van der Waals surface area contributed by atoms with E-state index >= 15 is 0 Å². The third-order valence-corrected chi connectivity index (χ3v) is 5.17. The first kappa shape index (κ1) is 22.4. The highest BCUT2D eigenvalue weighted by molar-refractivity contribution is 6.32. The minimum atomic E-state index is -0.304. The van der Waals surface area contributed by atoms with Crippen LogP contribution in [-0.4, -0.2) is 29.9 Å². The molecule has 0 radical (unpaired) electrons. The van der Waals surface area contributed by atoms with Gasteiger partial charge >= 0.3 is 0 Å². The van der Waals surface area contributed by atoms with Crippen LogP contribution in [0.4, 0.5) is 5.69 Å². The van der Waals surface area contributed by atoms with Crippen LogP contribution in [0.3, 0.4) is 0 Å². The number of hydrogen-bond acceptors (Lipinski definition) is 3. The first-order valence-corrected chi connectivity index (χ1v) is 10.5. The molecule has 160 valence electrons. The summed E-state index contributed by atoms with van der Waals surface area (Å²) in [6, 6.07) is 22.8. The number of hydrogen-bond donors (Lipinski definition) is 1. The van der Waals surface area contributed by atoms with Crippen molar-refractivity contribution in [2.45, 2.75) is 20.4 Å². The summed E-state index contributed by atoms with van der Waals surface area (Å²) in [4.78, 5) is 25.9. The molecule has 0 aliphatic rings. The Balaban J connectivity index is 1.63. The standard InChI is InChI=1S/C25H25ClN2O3/c1-3-28(18(2)29)16-21-11-7-8-12-23(21)27-25(30)17-31-24-14-13-20(15-22(24)26)19-9-5-4-6-10-19/h4-15H,3,16-17H2,1-2H3,(H,27,30). The van der Waals surface area contributed by atoms with Crippen molar-refractivity contribution in [3.63, 3.8) is 0 Å². The molecule has 0 unspecified atom stereocenters. The van der Waals surface area contributed by atoms with Crippen molar-refractivity contribution in [1.29, 1.82) is 0 Å². The summed E-state index contributed by atoms with van der Waals surface area (Å²) in [6.45, 7) is 4.30. The average molecular weight is 437 g/mol. The third kappa shape index (κ3) is 6.09. The van der Waals surface area contributed by atoms with Crippen molar-refractivity contribution in [2.24, 2.45) is 0 Å². The van der Waals surface area contributed by atoms with Crippen LogP contribution in [0.25, 0.3) is 11.1 Å². The van der Waals surface area contributed by atoms with Gasteiger partial charge in [0.05, 0.1) is 5.02 Å². The lowest BCUT2D eigenvalue weighted by Gasteiger charge is -2.21. The van der Waals surface area contributed by atoms with Crippen molar-refractivity contribution < 1.29 is 14.3 Å². The highest BCUT2D eigenvalue weighted by Gasteiger charge is 2.13. The second-order valence-corrected chi connectivity index (χ2v) is 7.45. The number of nitrogens with zero attached hydrogens (tertiary/aromatic N) is 1.